The Morgan fingerprint density at radius 1 is 1.04 bits per heavy atom. The molecule has 2 aromatic carbocycles. The van der Waals surface area contributed by atoms with Crippen LogP contribution < -0.4 is 20.7 Å². The van der Waals surface area contributed by atoms with Gasteiger partial charge in [-0.05, 0) is 37.1 Å². The van der Waals surface area contributed by atoms with Crippen molar-refractivity contribution in [2.75, 3.05) is 27.2 Å². The number of ether oxygens (including phenoxy) is 1. The summed E-state index contributed by atoms with van der Waals surface area (Å²) in [6, 6.07) is 15.3. The summed E-state index contributed by atoms with van der Waals surface area (Å²) in [5.74, 6) is 1.53. The van der Waals surface area contributed by atoms with Crippen molar-refractivity contribution in [3.63, 3.8) is 0 Å². The lowest BCUT2D eigenvalue weighted by Crippen LogP contribution is -2.38. The fraction of sp³-hybridized carbons (Fsp3) is 0.333. The molecule has 0 radical (unpaired) electrons. The fourth-order valence-corrected chi connectivity index (χ4v) is 2.59. The van der Waals surface area contributed by atoms with E-state index in [-0.39, 0.29) is 29.9 Å². The number of carbonyl (C=O) groups is 1. The molecule has 6 nitrogen and oxygen atoms in total. The lowest BCUT2D eigenvalue weighted by molar-refractivity contribution is 0.0953. The van der Waals surface area contributed by atoms with Gasteiger partial charge in [0.25, 0.3) is 5.91 Å². The number of amides is 1. The molecule has 0 aliphatic rings. The molecule has 0 aromatic heterocycles. The molecule has 152 valence electrons. The Morgan fingerprint density at radius 2 is 1.75 bits per heavy atom. The van der Waals surface area contributed by atoms with Gasteiger partial charge in [0.2, 0.25) is 0 Å². The number of nitrogens with one attached hydrogen (secondary N) is 3. The molecule has 7 heteroatoms. The zero-order valence-electron chi connectivity index (χ0n) is 16.6. The smallest absolute Gasteiger partial charge is 0.251 e. The second-order valence-corrected chi connectivity index (χ2v) is 6.14. The summed E-state index contributed by atoms with van der Waals surface area (Å²) in [7, 11) is 3.41. The second-order valence-electron chi connectivity index (χ2n) is 6.14. The molecule has 28 heavy (non-hydrogen) atoms. The van der Waals surface area contributed by atoms with Gasteiger partial charge in [-0.2, -0.15) is 0 Å². The summed E-state index contributed by atoms with van der Waals surface area (Å²) in [4.78, 5) is 16.2. The first-order chi connectivity index (χ1) is 13.1. The van der Waals surface area contributed by atoms with Crippen molar-refractivity contribution in [3.8, 4) is 5.75 Å². The number of hydrogen-bond acceptors (Lipinski definition) is 3. The van der Waals surface area contributed by atoms with E-state index in [9.17, 15) is 4.79 Å². The third-order valence-corrected chi connectivity index (χ3v) is 4.08. The molecule has 2 aromatic rings. The third kappa shape index (κ3) is 7.75. The topological polar surface area (TPSA) is 74.8 Å². The Labute approximate surface area is 184 Å². The van der Waals surface area contributed by atoms with Crippen molar-refractivity contribution >= 4 is 35.8 Å². The normalized spacial score (nSPS) is 10.6. The molecule has 0 heterocycles. The molecule has 0 saturated carbocycles. The summed E-state index contributed by atoms with van der Waals surface area (Å²) < 4.78 is 5.42. The van der Waals surface area contributed by atoms with Gasteiger partial charge >= 0.3 is 0 Å². The fourth-order valence-electron chi connectivity index (χ4n) is 2.59. The van der Waals surface area contributed by atoms with Crippen LogP contribution in [0, 0.1) is 6.92 Å². The van der Waals surface area contributed by atoms with Crippen LogP contribution in [0.2, 0.25) is 0 Å². The maximum Gasteiger partial charge on any atom is 0.251 e. The number of nitrogens with zero attached hydrogens (tertiary/aromatic N) is 1. The van der Waals surface area contributed by atoms with Crippen molar-refractivity contribution in [3.05, 3.63) is 65.2 Å². The van der Waals surface area contributed by atoms with Crippen LogP contribution in [0.25, 0.3) is 0 Å². The number of methoxy groups -OCH3 is 1. The van der Waals surface area contributed by atoms with Crippen molar-refractivity contribution in [1.82, 2.24) is 16.0 Å². The molecule has 0 aliphatic carbocycles. The van der Waals surface area contributed by atoms with Gasteiger partial charge in [-0.1, -0.05) is 30.3 Å². The van der Waals surface area contributed by atoms with Crippen LogP contribution in [0.5, 0.6) is 5.75 Å². The van der Waals surface area contributed by atoms with E-state index < -0.39 is 0 Å². The Hall–Kier alpha value is -2.29. The predicted molar refractivity (Wildman–Crippen MR) is 125 cm³/mol. The molecule has 0 atom stereocenters. The maximum absolute atomic E-state index is 12.0. The third-order valence-electron chi connectivity index (χ3n) is 4.08. The number of guanidine groups is 1. The molecule has 3 N–H and O–H groups in total. The Kier molecular flexibility index (Phi) is 11.0. The molecule has 0 saturated heterocycles. The highest BCUT2D eigenvalue weighted by Gasteiger charge is 2.05. The highest BCUT2D eigenvalue weighted by atomic mass is 127. The summed E-state index contributed by atoms with van der Waals surface area (Å²) in [5.41, 5.74) is 2.91. The summed E-state index contributed by atoms with van der Waals surface area (Å²) in [5, 5.41) is 9.44. The standard InChI is InChI=1S/C21H28N4O2.HI/c1-16-10-11-18(19(14-16)27-3)15-25-21(22-2)24-13-7-12-23-20(26)17-8-5-4-6-9-17;/h4-6,8-11,14H,7,12-13,15H2,1-3H3,(H,23,26)(H2,22,24,25);1H. The monoisotopic (exact) mass is 496 g/mol. The quantitative estimate of drug-likeness (QED) is 0.227. The Morgan fingerprint density at radius 3 is 2.43 bits per heavy atom. The lowest BCUT2D eigenvalue weighted by Gasteiger charge is -2.14. The van der Waals surface area contributed by atoms with Gasteiger partial charge < -0.3 is 20.7 Å². The van der Waals surface area contributed by atoms with Crippen molar-refractivity contribution < 1.29 is 9.53 Å². The number of rotatable bonds is 8. The van der Waals surface area contributed by atoms with E-state index in [1.54, 1.807) is 26.3 Å². The van der Waals surface area contributed by atoms with Crippen LogP contribution in [-0.2, 0) is 6.54 Å². The minimum Gasteiger partial charge on any atom is -0.496 e. The molecular weight excluding hydrogens is 467 g/mol. The van der Waals surface area contributed by atoms with Gasteiger partial charge in [-0.15, -0.1) is 24.0 Å². The van der Waals surface area contributed by atoms with E-state index in [1.165, 1.54) is 0 Å². The van der Waals surface area contributed by atoms with Crippen LogP contribution in [0.15, 0.2) is 53.5 Å². The van der Waals surface area contributed by atoms with Crippen molar-refractivity contribution in [2.45, 2.75) is 19.9 Å². The molecule has 0 unspecified atom stereocenters. The van der Waals surface area contributed by atoms with Crippen molar-refractivity contribution in [1.29, 1.82) is 0 Å². The summed E-state index contributed by atoms with van der Waals surface area (Å²) in [6.07, 6.45) is 0.799. The van der Waals surface area contributed by atoms with Gasteiger partial charge in [0.05, 0.1) is 7.11 Å². The van der Waals surface area contributed by atoms with Gasteiger partial charge in [-0.25, -0.2) is 0 Å². The largest absolute Gasteiger partial charge is 0.496 e. The number of benzene rings is 2. The molecule has 1 amide bonds. The number of carbonyl (C=O) groups excluding carboxylic acids is 1. The predicted octanol–water partition coefficient (Wildman–Crippen LogP) is 3.11. The van der Waals surface area contributed by atoms with E-state index in [4.69, 9.17) is 4.74 Å². The molecule has 0 bridgehead atoms. The van der Waals surface area contributed by atoms with E-state index >= 15 is 0 Å². The van der Waals surface area contributed by atoms with Crippen LogP contribution in [-0.4, -0.2) is 39.1 Å². The van der Waals surface area contributed by atoms with Crippen LogP contribution >= 0.6 is 24.0 Å². The number of halogens is 1. The first-order valence-electron chi connectivity index (χ1n) is 9.05. The SMILES string of the molecule is CN=C(NCCCNC(=O)c1ccccc1)NCc1ccc(C)cc1OC.I. The number of hydrogen-bond donors (Lipinski definition) is 3. The zero-order chi connectivity index (χ0) is 19.5. The molecule has 0 fully saturated rings. The average Bonchev–Trinajstić information content (AvgIpc) is 2.71. The minimum atomic E-state index is -0.0513. The Bertz CT molecular complexity index is 766. The second kappa shape index (κ2) is 13.0. The highest BCUT2D eigenvalue weighted by molar-refractivity contribution is 14.0. The first-order valence-corrected chi connectivity index (χ1v) is 9.05. The van der Waals surface area contributed by atoms with Gasteiger partial charge in [0.15, 0.2) is 5.96 Å². The first kappa shape index (κ1) is 23.7. The minimum absolute atomic E-state index is 0. The van der Waals surface area contributed by atoms with E-state index in [0.717, 1.165) is 23.3 Å². The molecule has 0 aliphatic heterocycles. The van der Waals surface area contributed by atoms with Gasteiger partial charge in [-0.3, -0.25) is 9.79 Å². The number of aliphatic imine (C=N–C) groups is 1. The molecule has 0 spiro atoms. The van der Waals surface area contributed by atoms with Crippen LogP contribution in [0.1, 0.15) is 27.9 Å². The van der Waals surface area contributed by atoms with Crippen LogP contribution in [0.3, 0.4) is 0 Å². The average molecular weight is 496 g/mol. The van der Waals surface area contributed by atoms with E-state index in [1.807, 2.05) is 37.3 Å². The van der Waals surface area contributed by atoms with Gasteiger partial charge in [0.1, 0.15) is 5.75 Å². The molecular formula is C21H29IN4O2. The number of aryl methyl sites for hydroxylation is 1. The lowest BCUT2D eigenvalue weighted by atomic mass is 10.1. The van der Waals surface area contributed by atoms with Gasteiger partial charge in [0, 0.05) is 37.8 Å². The van der Waals surface area contributed by atoms with Crippen molar-refractivity contribution in [2.24, 2.45) is 4.99 Å². The zero-order valence-corrected chi connectivity index (χ0v) is 18.9. The molecule has 2 rings (SSSR count). The highest BCUT2D eigenvalue weighted by Crippen LogP contribution is 2.19. The maximum atomic E-state index is 12.0. The summed E-state index contributed by atoms with van der Waals surface area (Å²) >= 11 is 0. The summed E-state index contributed by atoms with van der Waals surface area (Å²) in [6.45, 7) is 3.97. The van der Waals surface area contributed by atoms with Crippen LogP contribution in [0.4, 0.5) is 0 Å². The van der Waals surface area contributed by atoms with E-state index in [0.29, 0.717) is 31.2 Å². The Balaban J connectivity index is 0.00000392. The van der Waals surface area contributed by atoms with E-state index in [2.05, 4.69) is 27.0 Å².